The number of anilines is 2. The van der Waals surface area contributed by atoms with Crippen LogP contribution in [-0.4, -0.2) is 29.5 Å². The normalized spacial score (nSPS) is 13.0. The summed E-state index contributed by atoms with van der Waals surface area (Å²) in [5.74, 6) is 0.379. The van der Waals surface area contributed by atoms with Gasteiger partial charge in [0.2, 0.25) is 0 Å². The Kier molecular flexibility index (Phi) is 4.85. The van der Waals surface area contributed by atoms with Crippen molar-refractivity contribution < 1.29 is 14.3 Å². The molecular formula is C22H21N3O3. The van der Waals surface area contributed by atoms with Crippen molar-refractivity contribution in [3.05, 3.63) is 72.6 Å². The molecule has 1 aliphatic heterocycles. The summed E-state index contributed by atoms with van der Waals surface area (Å²) in [6.07, 6.45) is 4.75. The molecule has 3 aromatic rings. The maximum atomic E-state index is 12.6. The summed E-state index contributed by atoms with van der Waals surface area (Å²) >= 11 is 0. The average Bonchev–Trinajstić information content (AvgIpc) is 3.25. The van der Waals surface area contributed by atoms with Crippen molar-refractivity contribution in [2.45, 2.75) is 13.3 Å². The van der Waals surface area contributed by atoms with E-state index in [0.717, 1.165) is 12.1 Å². The van der Waals surface area contributed by atoms with Crippen molar-refractivity contribution >= 4 is 23.2 Å². The first kappa shape index (κ1) is 17.9. The summed E-state index contributed by atoms with van der Waals surface area (Å²) in [5, 5.41) is 2.90. The molecule has 4 rings (SSSR count). The van der Waals surface area contributed by atoms with Gasteiger partial charge in [0.25, 0.3) is 11.8 Å². The average molecular weight is 375 g/mol. The Morgan fingerprint density at radius 3 is 2.57 bits per heavy atom. The van der Waals surface area contributed by atoms with E-state index in [1.165, 1.54) is 0 Å². The SMILES string of the molecule is CCCN1C(=O)COc2ccc(NC(=O)c3ccc(-n4cccc4)cc3)cc21. The van der Waals surface area contributed by atoms with E-state index < -0.39 is 0 Å². The maximum Gasteiger partial charge on any atom is 0.265 e. The summed E-state index contributed by atoms with van der Waals surface area (Å²) in [7, 11) is 0. The number of rotatable bonds is 5. The number of hydrogen-bond donors (Lipinski definition) is 1. The first-order valence-corrected chi connectivity index (χ1v) is 9.27. The lowest BCUT2D eigenvalue weighted by Gasteiger charge is -2.29. The lowest BCUT2D eigenvalue weighted by molar-refractivity contribution is -0.121. The quantitative estimate of drug-likeness (QED) is 0.736. The smallest absolute Gasteiger partial charge is 0.265 e. The maximum absolute atomic E-state index is 12.6. The fourth-order valence-electron chi connectivity index (χ4n) is 3.24. The Balaban J connectivity index is 1.53. The highest BCUT2D eigenvalue weighted by Crippen LogP contribution is 2.34. The lowest BCUT2D eigenvalue weighted by atomic mass is 10.1. The van der Waals surface area contributed by atoms with E-state index >= 15 is 0 Å². The molecule has 2 aromatic carbocycles. The third-order valence-corrected chi connectivity index (χ3v) is 4.64. The van der Waals surface area contributed by atoms with Crippen molar-refractivity contribution in [1.29, 1.82) is 0 Å². The van der Waals surface area contributed by atoms with Gasteiger partial charge in [-0.05, 0) is 61.0 Å². The Hall–Kier alpha value is -3.54. The standard InChI is InChI=1S/C22H21N3O3/c1-2-11-25-19-14-17(7-10-20(19)28-15-21(25)26)23-22(27)16-5-8-18(9-6-16)24-12-3-4-13-24/h3-10,12-14H,2,11,15H2,1H3,(H,23,27). The largest absolute Gasteiger partial charge is 0.482 e. The van der Waals surface area contributed by atoms with Gasteiger partial charge in [0.1, 0.15) is 5.75 Å². The first-order valence-electron chi connectivity index (χ1n) is 9.27. The number of hydrogen-bond acceptors (Lipinski definition) is 3. The van der Waals surface area contributed by atoms with Crippen LogP contribution in [0.1, 0.15) is 23.7 Å². The van der Waals surface area contributed by atoms with E-state index in [-0.39, 0.29) is 18.4 Å². The number of nitrogens with zero attached hydrogens (tertiary/aromatic N) is 2. The fourth-order valence-corrected chi connectivity index (χ4v) is 3.24. The molecule has 0 fully saturated rings. The molecule has 2 amide bonds. The lowest BCUT2D eigenvalue weighted by Crippen LogP contribution is -2.39. The summed E-state index contributed by atoms with van der Waals surface area (Å²) in [6.45, 7) is 2.69. The molecule has 1 N–H and O–H groups in total. The molecule has 0 saturated heterocycles. The summed E-state index contributed by atoms with van der Waals surface area (Å²) < 4.78 is 7.48. The van der Waals surface area contributed by atoms with Crippen LogP contribution in [0.5, 0.6) is 5.75 Å². The first-order chi connectivity index (χ1) is 13.7. The van der Waals surface area contributed by atoms with Crippen molar-refractivity contribution in [2.75, 3.05) is 23.4 Å². The molecule has 6 nitrogen and oxygen atoms in total. The molecule has 1 aliphatic rings. The molecule has 28 heavy (non-hydrogen) atoms. The van der Waals surface area contributed by atoms with E-state index in [2.05, 4.69) is 5.32 Å². The zero-order chi connectivity index (χ0) is 19.5. The summed E-state index contributed by atoms with van der Waals surface area (Å²) in [4.78, 5) is 26.5. The van der Waals surface area contributed by atoms with Gasteiger partial charge in [-0.25, -0.2) is 0 Å². The highest BCUT2D eigenvalue weighted by atomic mass is 16.5. The Morgan fingerprint density at radius 1 is 1.11 bits per heavy atom. The number of nitrogens with one attached hydrogen (secondary N) is 1. The third-order valence-electron chi connectivity index (χ3n) is 4.64. The van der Waals surface area contributed by atoms with Gasteiger partial charge in [0, 0.05) is 35.9 Å². The second-order valence-corrected chi connectivity index (χ2v) is 6.61. The van der Waals surface area contributed by atoms with E-state index in [9.17, 15) is 9.59 Å². The molecule has 0 saturated carbocycles. The zero-order valence-electron chi connectivity index (χ0n) is 15.6. The Bertz CT molecular complexity index is 994. The highest BCUT2D eigenvalue weighted by molar-refractivity contribution is 6.05. The monoisotopic (exact) mass is 375 g/mol. The minimum atomic E-state index is -0.205. The van der Waals surface area contributed by atoms with E-state index in [1.54, 1.807) is 35.2 Å². The van der Waals surface area contributed by atoms with Crippen LogP contribution in [0.4, 0.5) is 11.4 Å². The summed E-state index contributed by atoms with van der Waals surface area (Å²) in [6, 6.07) is 16.6. The number of fused-ring (bicyclic) bond motifs is 1. The molecular weight excluding hydrogens is 354 g/mol. The zero-order valence-corrected chi connectivity index (χ0v) is 15.6. The fraction of sp³-hybridized carbons (Fsp3) is 0.182. The van der Waals surface area contributed by atoms with Gasteiger partial charge in [-0.1, -0.05) is 6.92 Å². The minimum Gasteiger partial charge on any atom is -0.482 e. The van der Waals surface area contributed by atoms with Crippen molar-refractivity contribution in [2.24, 2.45) is 0 Å². The Labute approximate surface area is 163 Å². The predicted octanol–water partition coefficient (Wildman–Crippen LogP) is 3.87. The van der Waals surface area contributed by atoms with Crippen LogP contribution in [0.25, 0.3) is 5.69 Å². The number of carbonyl (C=O) groups is 2. The van der Waals surface area contributed by atoms with Gasteiger partial charge in [0.15, 0.2) is 6.61 Å². The van der Waals surface area contributed by atoms with E-state index in [0.29, 0.717) is 29.2 Å². The third kappa shape index (κ3) is 3.49. The molecule has 0 radical (unpaired) electrons. The van der Waals surface area contributed by atoms with Gasteiger partial charge in [0.05, 0.1) is 5.69 Å². The van der Waals surface area contributed by atoms with Gasteiger partial charge in [-0.3, -0.25) is 9.59 Å². The van der Waals surface area contributed by atoms with Gasteiger partial charge < -0.3 is 19.5 Å². The van der Waals surface area contributed by atoms with Crippen LogP contribution >= 0.6 is 0 Å². The molecule has 1 aromatic heterocycles. The van der Waals surface area contributed by atoms with Crippen LogP contribution in [0, 0.1) is 0 Å². The molecule has 6 heteroatoms. The van der Waals surface area contributed by atoms with Crippen molar-refractivity contribution in [1.82, 2.24) is 4.57 Å². The second-order valence-electron chi connectivity index (χ2n) is 6.61. The number of aromatic nitrogens is 1. The van der Waals surface area contributed by atoms with Crippen molar-refractivity contribution in [3.63, 3.8) is 0 Å². The molecule has 2 heterocycles. The number of ether oxygens (including phenoxy) is 1. The van der Waals surface area contributed by atoms with E-state index in [1.807, 2.05) is 48.1 Å². The van der Waals surface area contributed by atoms with Gasteiger partial charge >= 0.3 is 0 Å². The molecule has 0 spiro atoms. The van der Waals surface area contributed by atoms with Crippen LogP contribution in [0.15, 0.2) is 67.0 Å². The molecule has 0 atom stereocenters. The van der Waals surface area contributed by atoms with Crippen LogP contribution in [0.3, 0.4) is 0 Å². The van der Waals surface area contributed by atoms with Crippen molar-refractivity contribution in [3.8, 4) is 11.4 Å². The van der Waals surface area contributed by atoms with E-state index in [4.69, 9.17) is 4.74 Å². The van der Waals surface area contributed by atoms with Crippen LogP contribution < -0.4 is 15.0 Å². The predicted molar refractivity (Wildman–Crippen MR) is 108 cm³/mol. The van der Waals surface area contributed by atoms with Crippen LogP contribution in [0.2, 0.25) is 0 Å². The second kappa shape index (κ2) is 7.60. The molecule has 0 bridgehead atoms. The number of benzene rings is 2. The minimum absolute atomic E-state index is 0.0481. The topological polar surface area (TPSA) is 63.6 Å². The van der Waals surface area contributed by atoms with Gasteiger partial charge in [-0.2, -0.15) is 0 Å². The number of carbonyl (C=O) groups excluding carboxylic acids is 2. The molecule has 0 unspecified atom stereocenters. The van der Waals surface area contributed by atoms with Crippen LogP contribution in [-0.2, 0) is 4.79 Å². The van der Waals surface area contributed by atoms with Gasteiger partial charge in [-0.15, -0.1) is 0 Å². The molecule has 0 aliphatic carbocycles. The highest BCUT2D eigenvalue weighted by Gasteiger charge is 2.25. The molecule has 142 valence electrons. The number of amides is 2. The summed E-state index contributed by atoms with van der Waals surface area (Å²) in [5.41, 5.74) is 2.86. The Morgan fingerprint density at radius 2 is 1.86 bits per heavy atom.